The molecular formula is C14H18O3. The van der Waals surface area contributed by atoms with E-state index in [-0.39, 0.29) is 6.10 Å². The predicted octanol–water partition coefficient (Wildman–Crippen LogP) is 2.76. The Hall–Kier alpha value is -1.35. The van der Waals surface area contributed by atoms with Gasteiger partial charge < -0.3 is 9.47 Å². The van der Waals surface area contributed by atoms with Gasteiger partial charge in [-0.15, -0.1) is 0 Å². The number of benzene rings is 1. The average Bonchev–Trinajstić information content (AvgIpc) is 2.38. The second-order valence-electron chi connectivity index (χ2n) is 4.41. The van der Waals surface area contributed by atoms with Crippen molar-refractivity contribution < 1.29 is 14.3 Å². The largest absolute Gasteiger partial charge is 0.490 e. The van der Waals surface area contributed by atoms with Crippen molar-refractivity contribution in [2.24, 2.45) is 0 Å². The Morgan fingerprint density at radius 2 is 2.35 bits per heavy atom. The van der Waals surface area contributed by atoms with E-state index in [1.807, 2.05) is 19.1 Å². The first-order valence-corrected chi connectivity index (χ1v) is 6.10. The minimum atomic E-state index is 0.169. The molecule has 1 aliphatic heterocycles. The Morgan fingerprint density at radius 3 is 3.06 bits per heavy atom. The highest BCUT2D eigenvalue weighted by Crippen LogP contribution is 2.23. The van der Waals surface area contributed by atoms with Crippen LogP contribution in [0.15, 0.2) is 18.2 Å². The predicted molar refractivity (Wildman–Crippen MR) is 65.7 cm³/mol. The number of aryl methyl sites for hydroxylation is 1. The fourth-order valence-corrected chi connectivity index (χ4v) is 2.08. The minimum Gasteiger partial charge on any atom is -0.490 e. The standard InChI is InChI=1S/C14H18O3/c1-11-5-4-6-12(9-15)14(11)17-10-13-7-2-3-8-16-13/h4-6,9,13H,2-3,7-8,10H2,1H3. The number of para-hydroxylation sites is 1. The second kappa shape index (κ2) is 5.82. The fourth-order valence-electron chi connectivity index (χ4n) is 2.08. The zero-order chi connectivity index (χ0) is 12.1. The Balaban J connectivity index is 2.00. The van der Waals surface area contributed by atoms with Gasteiger partial charge in [-0.2, -0.15) is 0 Å². The van der Waals surface area contributed by atoms with Crippen LogP contribution in [0.2, 0.25) is 0 Å². The minimum absolute atomic E-state index is 0.169. The van der Waals surface area contributed by atoms with Gasteiger partial charge in [0.15, 0.2) is 6.29 Å². The molecule has 1 heterocycles. The first-order chi connectivity index (χ1) is 8.31. The molecule has 3 heteroatoms. The van der Waals surface area contributed by atoms with Crippen LogP contribution < -0.4 is 4.74 Å². The molecule has 92 valence electrons. The molecule has 1 saturated heterocycles. The average molecular weight is 234 g/mol. The van der Waals surface area contributed by atoms with Crippen molar-refractivity contribution in [1.82, 2.24) is 0 Å². The van der Waals surface area contributed by atoms with Gasteiger partial charge in [0.25, 0.3) is 0 Å². The van der Waals surface area contributed by atoms with Crippen LogP contribution in [0.5, 0.6) is 5.75 Å². The topological polar surface area (TPSA) is 35.5 Å². The molecule has 0 aliphatic carbocycles. The number of aldehydes is 1. The van der Waals surface area contributed by atoms with Gasteiger partial charge >= 0.3 is 0 Å². The summed E-state index contributed by atoms with van der Waals surface area (Å²) in [5.41, 5.74) is 1.60. The summed E-state index contributed by atoms with van der Waals surface area (Å²) in [5, 5.41) is 0. The van der Waals surface area contributed by atoms with Crippen molar-refractivity contribution in [2.45, 2.75) is 32.3 Å². The summed E-state index contributed by atoms with van der Waals surface area (Å²) in [5.74, 6) is 0.691. The summed E-state index contributed by atoms with van der Waals surface area (Å²) in [4.78, 5) is 10.9. The SMILES string of the molecule is Cc1cccc(C=O)c1OCC1CCCCO1. The van der Waals surface area contributed by atoms with E-state index in [0.29, 0.717) is 17.9 Å². The molecule has 3 nitrogen and oxygen atoms in total. The molecule has 0 spiro atoms. The monoisotopic (exact) mass is 234 g/mol. The summed E-state index contributed by atoms with van der Waals surface area (Å²) in [6, 6.07) is 5.59. The highest BCUT2D eigenvalue weighted by Gasteiger charge is 2.15. The Bertz CT molecular complexity index is 381. The fraction of sp³-hybridized carbons (Fsp3) is 0.500. The van der Waals surface area contributed by atoms with Gasteiger partial charge in [0.05, 0.1) is 11.7 Å². The molecule has 0 bridgehead atoms. The molecule has 2 rings (SSSR count). The maximum absolute atomic E-state index is 10.9. The van der Waals surface area contributed by atoms with E-state index in [9.17, 15) is 4.79 Å². The molecule has 1 unspecified atom stereocenters. The van der Waals surface area contributed by atoms with Gasteiger partial charge in [-0.3, -0.25) is 4.79 Å². The van der Waals surface area contributed by atoms with E-state index in [4.69, 9.17) is 9.47 Å². The van der Waals surface area contributed by atoms with Crippen LogP contribution in [0.1, 0.15) is 35.2 Å². The van der Waals surface area contributed by atoms with Gasteiger partial charge in [0.1, 0.15) is 12.4 Å². The van der Waals surface area contributed by atoms with E-state index in [2.05, 4.69) is 0 Å². The van der Waals surface area contributed by atoms with Gasteiger partial charge in [0, 0.05) is 6.61 Å². The van der Waals surface area contributed by atoms with Crippen LogP contribution in [0.25, 0.3) is 0 Å². The molecule has 17 heavy (non-hydrogen) atoms. The number of carbonyl (C=O) groups excluding carboxylic acids is 1. The van der Waals surface area contributed by atoms with Crippen molar-refractivity contribution in [2.75, 3.05) is 13.2 Å². The van der Waals surface area contributed by atoms with Crippen molar-refractivity contribution in [1.29, 1.82) is 0 Å². The van der Waals surface area contributed by atoms with E-state index in [1.54, 1.807) is 6.07 Å². The third-order valence-electron chi connectivity index (χ3n) is 3.06. The van der Waals surface area contributed by atoms with Crippen molar-refractivity contribution in [3.05, 3.63) is 29.3 Å². The van der Waals surface area contributed by atoms with Crippen molar-refractivity contribution in [3.8, 4) is 5.75 Å². The molecule has 1 aromatic carbocycles. The Morgan fingerprint density at radius 1 is 1.47 bits per heavy atom. The zero-order valence-corrected chi connectivity index (χ0v) is 10.1. The van der Waals surface area contributed by atoms with Gasteiger partial charge in [0.2, 0.25) is 0 Å². The lowest BCUT2D eigenvalue weighted by molar-refractivity contribution is -0.0112. The number of carbonyl (C=O) groups is 1. The molecule has 0 N–H and O–H groups in total. The molecule has 0 aromatic heterocycles. The third kappa shape index (κ3) is 3.07. The number of hydrogen-bond acceptors (Lipinski definition) is 3. The van der Waals surface area contributed by atoms with Crippen molar-refractivity contribution in [3.63, 3.8) is 0 Å². The second-order valence-corrected chi connectivity index (χ2v) is 4.41. The summed E-state index contributed by atoms with van der Waals surface area (Å²) < 4.78 is 11.3. The summed E-state index contributed by atoms with van der Waals surface area (Å²) in [6.07, 6.45) is 4.39. The van der Waals surface area contributed by atoms with Crippen LogP contribution in [0.3, 0.4) is 0 Å². The maximum atomic E-state index is 10.9. The molecule has 0 radical (unpaired) electrons. The lowest BCUT2D eigenvalue weighted by Crippen LogP contribution is -2.26. The molecule has 1 atom stereocenters. The summed E-state index contributed by atoms with van der Waals surface area (Å²) in [7, 11) is 0. The van der Waals surface area contributed by atoms with Crippen LogP contribution in [-0.4, -0.2) is 25.6 Å². The lowest BCUT2D eigenvalue weighted by Gasteiger charge is -2.23. The van der Waals surface area contributed by atoms with Crippen molar-refractivity contribution >= 4 is 6.29 Å². The molecule has 0 amide bonds. The molecule has 1 aliphatic rings. The van der Waals surface area contributed by atoms with Crippen LogP contribution in [0.4, 0.5) is 0 Å². The summed E-state index contributed by atoms with van der Waals surface area (Å²) >= 11 is 0. The number of ether oxygens (including phenoxy) is 2. The smallest absolute Gasteiger partial charge is 0.153 e. The highest BCUT2D eigenvalue weighted by molar-refractivity contribution is 5.80. The van der Waals surface area contributed by atoms with Crippen LogP contribution in [0, 0.1) is 6.92 Å². The third-order valence-corrected chi connectivity index (χ3v) is 3.06. The summed E-state index contributed by atoms with van der Waals surface area (Å²) in [6.45, 7) is 3.30. The Kier molecular flexibility index (Phi) is 4.15. The quantitative estimate of drug-likeness (QED) is 0.751. The number of hydrogen-bond donors (Lipinski definition) is 0. The van der Waals surface area contributed by atoms with Gasteiger partial charge in [-0.05, 0) is 37.8 Å². The molecular weight excluding hydrogens is 216 g/mol. The van der Waals surface area contributed by atoms with Gasteiger partial charge in [-0.25, -0.2) is 0 Å². The molecule has 0 saturated carbocycles. The molecule has 1 aromatic rings. The van der Waals surface area contributed by atoms with E-state index in [1.165, 1.54) is 6.42 Å². The zero-order valence-electron chi connectivity index (χ0n) is 10.1. The van der Waals surface area contributed by atoms with E-state index < -0.39 is 0 Å². The van der Waals surface area contributed by atoms with Gasteiger partial charge in [-0.1, -0.05) is 12.1 Å². The van der Waals surface area contributed by atoms with E-state index in [0.717, 1.165) is 31.3 Å². The highest BCUT2D eigenvalue weighted by atomic mass is 16.5. The van der Waals surface area contributed by atoms with Crippen LogP contribution >= 0.6 is 0 Å². The first kappa shape index (κ1) is 12.1. The van der Waals surface area contributed by atoms with Crippen LogP contribution in [-0.2, 0) is 4.74 Å². The number of rotatable bonds is 4. The first-order valence-electron chi connectivity index (χ1n) is 6.10. The Labute approximate surface area is 102 Å². The molecule has 1 fully saturated rings. The maximum Gasteiger partial charge on any atom is 0.153 e. The van der Waals surface area contributed by atoms with E-state index >= 15 is 0 Å². The normalized spacial score (nSPS) is 19.9. The lowest BCUT2D eigenvalue weighted by atomic mass is 10.1.